The molecule has 0 saturated carbocycles. The number of nitrogens with zero attached hydrogens (tertiary/aromatic N) is 4. The first-order valence-corrected chi connectivity index (χ1v) is 6.46. The van der Waals surface area contributed by atoms with E-state index in [2.05, 4.69) is 20.8 Å². The molecule has 1 heterocycles. The number of aryl methyl sites for hydroxylation is 1. The summed E-state index contributed by atoms with van der Waals surface area (Å²) in [6.45, 7) is 1.13. The van der Waals surface area contributed by atoms with Gasteiger partial charge in [0.25, 0.3) is 0 Å². The zero-order chi connectivity index (χ0) is 16.1. The molecule has 116 valence electrons. The average Bonchev–Trinajstić information content (AvgIpc) is 2.90. The maximum atomic E-state index is 12.9. The van der Waals surface area contributed by atoms with Crippen molar-refractivity contribution in [2.45, 2.75) is 19.4 Å². The topological polar surface area (TPSA) is 110 Å². The summed E-state index contributed by atoms with van der Waals surface area (Å²) >= 11 is 0. The molecule has 1 aromatic heterocycles. The van der Waals surface area contributed by atoms with Crippen molar-refractivity contribution < 1.29 is 19.1 Å². The van der Waals surface area contributed by atoms with Crippen LogP contribution in [-0.2, 0) is 16.0 Å². The van der Waals surface area contributed by atoms with Crippen LogP contribution in [0.3, 0.4) is 0 Å². The van der Waals surface area contributed by atoms with E-state index in [4.69, 9.17) is 5.11 Å². The second kappa shape index (κ2) is 6.74. The Labute approximate surface area is 124 Å². The third-order valence-electron chi connectivity index (χ3n) is 3.01. The van der Waals surface area contributed by atoms with Gasteiger partial charge < -0.3 is 10.4 Å². The van der Waals surface area contributed by atoms with Crippen LogP contribution in [0.2, 0.25) is 0 Å². The summed E-state index contributed by atoms with van der Waals surface area (Å²) in [5, 5.41) is 21.9. The predicted octanol–water partition coefficient (Wildman–Crippen LogP) is 0.105. The molecular weight excluding hydrogens is 293 g/mol. The minimum Gasteiger partial charge on any atom is -0.480 e. The average molecular weight is 307 g/mol. The van der Waals surface area contributed by atoms with Crippen LogP contribution >= 0.6 is 0 Å². The number of carbonyl (C=O) groups is 2. The van der Waals surface area contributed by atoms with Gasteiger partial charge in [-0.1, -0.05) is 12.1 Å². The summed E-state index contributed by atoms with van der Waals surface area (Å²) in [7, 11) is 0. The fraction of sp³-hybridized carbons (Fsp3) is 0.308. The molecule has 0 bridgehead atoms. The molecule has 9 heteroatoms. The summed E-state index contributed by atoms with van der Waals surface area (Å²) in [6, 6.07) is 4.85. The minimum absolute atomic E-state index is 0.206. The highest BCUT2D eigenvalue weighted by molar-refractivity contribution is 5.84. The number of carbonyl (C=O) groups excluding carboxylic acids is 1. The van der Waals surface area contributed by atoms with E-state index in [0.29, 0.717) is 11.4 Å². The molecule has 0 aliphatic rings. The monoisotopic (exact) mass is 307 g/mol. The lowest BCUT2D eigenvalue weighted by Gasteiger charge is -2.17. The lowest BCUT2D eigenvalue weighted by atomic mass is 10.1. The van der Waals surface area contributed by atoms with E-state index in [9.17, 15) is 14.0 Å². The minimum atomic E-state index is -1.15. The Morgan fingerprint density at radius 1 is 1.36 bits per heavy atom. The Bertz CT molecular complexity index is 671. The number of aromatic nitrogens is 4. The van der Waals surface area contributed by atoms with E-state index in [-0.39, 0.29) is 12.2 Å². The highest BCUT2D eigenvalue weighted by atomic mass is 19.1. The van der Waals surface area contributed by atoms with E-state index in [1.807, 2.05) is 0 Å². The molecule has 2 N–H and O–H groups in total. The molecule has 0 spiro atoms. The van der Waals surface area contributed by atoms with Gasteiger partial charge in [0.1, 0.15) is 24.2 Å². The van der Waals surface area contributed by atoms with Gasteiger partial charge in [-0.25, -0.2) is 9.07 Å². The summed E-state index contributed by atoms with van der Waals surface area (Å²) < 4.78 is 14.3. The summed E-state index contributed by atoms with van der Waals surface area (Å²) in [5.74, 6) is -1.64. The fourth-order valence-corrected chi connectivity index (χ4v) is 1.94. The number of carboxylic acids is 1. The van der Waals surface area contributed by atoms with Crippen LogP contribution in [0.4, 0.5) is 4.39 Å². The number of amides is 1. The first kappa shape index (κ1) is 15.5. The molecule has 0 fully saturated rings. The van der Waals surface area contributed by atoms with Crippen molar-refractivity contribution in [3.05, 3.63) is 41.5 Å². The number of hydrogen-bond donors (Lipinski definition) is 2. The van der Waals surface area contributed by atoms with Crippen LogP contribution in [0.25, 0.3) is 0 Å². The van der Waals surface area contributed by atoms with Gasteiger partial charge in [-0.05, 0) is 35.0 Å². The first-order valence-electron chi connectivity index (χ1n) is 6.46. The van der Waals surface area contributed by atoms with Gasteiger partial charge in [0.05, 0.1) is 0 Å². The molecule has 1 atom stereocenters. The third kappa shape index (κ3) is 3.84. The summed E-state index contributed by atoms with van der Waals surface area (Å²) in [6.07, 6.45) is 0.206. The van der Waals surface area contributed by atoms with Crippen LogP contribution in [0, 0.1) is 12.7 Å². The Morgan fingerprint density at radius 3 is 2.59 bits per heavy atom. The predicted molar refractivity (Wildman–Crippen MR) is 72.3 cm³/mol. The van der Waals surface area contributed by atoms with Crippen molar-refractivity contribution in [2.75, 3.05) is 6.54 Å². The number of benzene rings is 1. The van der Waals surface area contributed by atoms with Crippen LogP contribution in [0.5, 0.6) is 0 Å². The Hall–Kier alpha value is -2.84. The number of tetrazole rings is 1. The number of hydrogen-bond acceptors (Lipinski definition) is 5. The third-order valence-corrected chi connectivity index (χ3v) is 3.01. The molecule has 8 nitrogen and oxygen atoms in total. The van der Waals surface area contributed by atoms with Gasteiger partial charge in [0.15, 0.2) is 0 Å². The van der Waals surface area contributed by atoms with Crippen molar-refractivity contribution >= 4 is 11.9 Å². The Morgan fingerprint density at radius 2 is 2.05 bits per heavy atom. The quantitative estimate of drug-likeness (QED) is 0.783. The Balaban J connectivity index is 2.21. The van der Waals surface area contributed by atoms with Crippen molar-refractivity contribution in [2.24, 2.45) is 0 Å². The van der Waals surface area contributed by atoms with Crippen molar-refractivity contribution in [3.63, 3.8) is 0 Å². The lowest BCUT2D eigenvalue weighted by Crippen LogP contribution is -2.37. The number of nitrogens with one attached hydrogen (secondary N) is 1. The zero-order valence-corrected chi connectivity index (χ0v) is 11.7. The number of carboxylic acid groups (broad SMARTS) is 1. The van der Waals surface area contributed by atoms with Gasteiger partial charge in [-0.3, -0.25) is 9.59 Å². The van der Waals surface area contributed by atoms with Gasteiger partial charge in [0, 0.05) is 6.42 Å². The first-order chi connectivity index (χ1) is 10.5. The lowest BCUT2D eigenvalue weighted by molar-refractivity contribution is -0.138. The smallest absolute Gasteiger partial charge is 0.322 e. The van der Waals surface area contributed by atoms with E-state index in [1.165, 1.54) is 16.8 Å². The fourth-order valence-electron chi connectivity index (χ4n) is 1.94. The highest BCUT2D eigenvalue weighted by Gasteiger charge is 2.24. The molecule has 0 aliphatic heterocycles. The molecule has 0 saturated heterocycles. The van der Waals surface area contributed by atoms with Gasteiger partial charge in [-0.15, -0.1) is 5.10 Å². The van der Waals surface area contributed by atoms with Gasteiger partial charge in [-0.2, -0.15) is 0 Å². The molecule has 0 aliphatic carbocycles. The molecule has 2 rings (SSSR count). The van der Waals surface area contributed by atoms with Crippen molar-refractivity contribution in [1.29, 1.82) is 0 Å². The SMILES string of the molecule is Cc1nnnn1C(Cc1ccc(F)cc1)C(=O)NCC(=O)O. The number of rotatable bonds is 6. The standard InChI is InChI=1S/C13H14FN5O3/c1-8-16-17-18-19(8)11(13(22)15-7-12(20)21)6-9-2-4-10(14)5-3-9/h2-5,11H,6-7H2,1H3,(H,15,22)(H,20,21). The number of aliphatic carboxylic acids is 1. The van der Waals surface area contributed by atoms with Crippen LogP contribution in [-0.4, -0.2) is 43.7 Å². The largest absolute Gasteiger partial charge is 0.480 e. The molecule has 22 heavy (non-hydrogen) atoms. The number of halogens is 1. The van der Waals surface area contributed by atoms with Crippen LogP contribution in [0.1, 0.15) is 17.4 Å². The molecule has 0 radical (unpaired) electrons. The maximum absolute atomic E-state index is 12.9. The normalized spacial score (nSPS) is 11.9. The van der Waals surface area contributed by atoms with Crippen LogP contribution < -0.4 is 5.32 Å². The highest BCUT2D eigenvalue weighted by Crippen LogP contribution is 2.15. The maximum Gasteiger partial charge on any atom is 0.322 e. The van der Waals surface area contributed by atoms with Crippen LogP contribution in [0.15, 0.2) is 24.3 Å². The molecular formula is C13H14FN5O3. The molecule has 1 unspecified atom stereocenters. The zero-order valence-electron chi connectivity index (χ0n) is 11.7. The van der Waals surface area contributed by atoms with Crippen molar-refractivity contribution in [1.82, 2.24) is 25.5 Å². The van der Waals surface area contributed by atoms with Gasteiger partial charge >= 0.3 is 5.97 Å². The van der Waals surface area contributed by atoms with E-state index < -0.39 is 24.5 Å². The van der Waals surface area contributed by atoms with E-state index >= 15 is 0 Å². The summed E-state index contributed by atoms with van der Waals surface area (Å²) in [5.41, 5.74) is 0.701. The molecule has 2 aromatic rings. The van der Waals surface area contributed by atoms with Crippen molar-refractivity contribution in [3.8, 4) is 0 Å². The van der Waals surface area contributed by atoms with E-state index in [0.717, 1.165) is 0 Å². The van der Waals surface area contributed by atoms with Gasteiger partial charge in [0.2, 0.25) is 5.91 Å². The second-order valence-corrected chi connectivity index (χ2v) is 4.63. The van der Waals surface area contributed by atoms with E-state index in [1.54, 1.807) is 19.1 Å². The molecule has 1 amide bonds. The second-order valence-electron chi connectivity index (χ2n) is 4.63. The Kier molecular flexibility index (Phi) is 4.77. The molecule has 1 aromatic carbocycles. The summed E-state index contributed by atoms with van der Waals surface area (Å²) in [4.78, 5) is 22.8.